The van der Waals surface area contributed by atoms with Crippen molar-refractivity contribution < 1.29 is 4.74 Å². The normalized spacial score (nSPS) is 10.1. The van der Waals surface area contributed by atoms with E-state index in [0.29, 0.717) is 21.7 Å². The van der Waals surface area contributed by atoms with Crippen molar-refractivity contribution in [2.24, 2.45) is 4.99 Å². The van der Waals surface area contributed by atoms with Gasteiger partial charge in [0.05, 0.1) is 15.9 Å². The van der Waals surface area contributed by atoms with E-state index in [1.807, 2.05) is 26.0 Å². The molecule has 21 heavy (non-hydrogen) atoms. The van der Waals surface area contributed by atoms with Crippen molar-refractivity contribution in [2.45, 2.75) is 20.3 Å². The van der Waals surface area contributed by atoms with E-state index in [0.717, 1.165) is 23.2 Å². The first kappa shape index (κ1) is 15.9. The highest BCUT2D eigenvalue weighted by atomic mass is 35.5. The number of thiocarbonyl (C=S) groups is 1. The lowest BCUT2D eigenvalue weighted by molar-refractivity contribution is 0.462. The molecule has 0 unspecified atom stereocenters. The molecule has 6 heteroatoms. The highest BCUT2D eigenvalue weighted by Gasteiger charge is 2.10. The minimum Gasteiger partial charge on any atom is -0.438 e. The minimum atomic E-state index is 0.314. The van der Waals surface area contributed by atoms with Gasteiger partial charge in [0, 0.05) is 6.20 Å². The maximum atomic E-state index is 6.06. The monoisotopic (exact) mass is 338 g/mol. The van der Waals surface area contributed by atoms with Crippen molar-refractivity contribution in [1.29, 1.82) is 0 Å². The Balaban J connectivity index is 2.41. The third-order valence-corrected chi connectivity index (χ3v) is 3.45. The molecule has 0 amide bonds. The summed E-state index contributed by atoms with van der Waals surface area (Å²) < 4.78 is 5.73. The van der Waals surface area contributed by atoms with E-state index >= 15 is 0 Å². The van der Waals surface area contributed by atoms with Crippen molar-refractivity contribution in [3.63, 3.8) is 0 Å². The molecule has 1 aromatic carbocycles. The van der Waals surface area contributed by atoms with Crippen molar-refractivity contribution in [3.05, 3.63) is 45.6 Å². The Bertz CT molecular complexity index is 728. The van der Waals surface area contributed by atoms with Gasteiger partial charge in [-0.15, -0.1) is 0 Å². The SMILES string of the molecule is CCc1cc(Oc2ncc(Cl)cc2Cl)cc(C)c1N=C=S. The molecule has 0 saturated carbocycles. The van der Waals surface area contributed by atoms with Crippen LogP contribution in [0.5, 0.6) is 11.6 Å². The van der Waals surface area contributed by atoms with Crippen LogP contribution in [0.4, 0.5) is 5.69 Å². The van der Waals surface area contributed by atoms with Crippen LogP contribution in [0.1, 0.15) is 18.1 Å². The molecule has 0 aliphatic carbocycles. The van der Waals surface area contributed by atoms with Crippen LogP contribution in [0.25, 0.3) is 0 Å². The van der Waals surface area contributed by atoms with E-state index in [4.69, 9.17) is 27.9 Å². The molecule has 2 rings (SSSR count). The maximum Gasteiger partial charge on any atom is 0.238 e. The summed E-state index contributed by atoms with van der Waals surface area (Å²) in [5, 5.41) is 3.23. The Hall–Kier alpha value is -1.45. The third-order valence-electron chi connectivity index (χ3n) is 2.88. The Morgan fingerprint density at radius 2 is 2.10 bits per heavy atom. The molecule has 0 saturated heterocycles. The molecule has 0 radical (unpaired) electrons. The van der Waals surface area contributed by atoms with Crippen LogP contribution >= 0.6 is 35.4 Å². The summed E-state index contributed by atoms with van der Waals surface area (Å²) in [6, 6.07) is 5.34. The zero-order valence-electron chi connectivity index (χ0n) is 11.5. The lowest BCUT2D eigenvalue weighted by Crippen LogP contribution is -1.92. The standard InChI is InChI=1S/C15H12Cl2N2OS/c1-3-10-5-12(4-9(2)14(10)19-8-21)20-15-13(17)6-11(16)7-18-15/h4-7H,3H2,1-2H3. The fourth-order valence-corrected chi connectivity index (χ4v) is 2.45. The fourth-order valence-electron chi connectivity index (χ4n) is 1.94. The van der Waals surface area contributed by atoms with E-state index in [-0.39, 0.29) is 0 Å². The number of isothiocyanates is 1. The van der Waals surface area contributed by atoms with E-state index in [1.54, 1.807) is 6.07 Å². The molecule has 0 atom stereocenters. The highest BCUT2D eigenvalue weighted by Crippen LogP contribution is 2.34. The predicted octanol–water partition coefficient (Wildman–Crippen LogP) is 5.79. The summed E-state index contributed by atoms with van der Waals surface area (Å²) in [5.41, 5.74) is 2.80. The molecule has 2 aromatic rings. The third kappa shape index (κ3) is 3.80. The van der Waals surface area contributed by atoms with Crippen molar-refractivity contribution >= 4 is 46.3 Å². The average Bonchev–Trinajstić information content (AvgIpc) is 2.44. The molecule has 0 N–H and O–H groups in total. The number of pyridine rings is 1. The summed E-state index contributed by atoms with van der Waals surface area (Å²) in [5.74, 6) is 0.956. The number of hydrogen-bond donors (Lipinski definition) is 0. The minimum absolute atomic E-state index is 0.314. The Labute approximate surface area is 138 Å². The first-order valence-corrected chi connectivity index (χ1v) is 7.41. The largest absolute Gasteiger partial charge is 0.438 e. The van der Waals surface area contributed by atoms with Gasteiger partial charge in [0.25, 0.3) is 0 Å². The number of aliphatic imine (C=N–C) groups is 1. The number of hydrogen-bond acceptors (Lipinski definition) is 4. The van der Waals surface area contributed by atoms with Crippen LogP contribution in [-0.2, 0) is 6.42 Å². The fraction of sp³-hybridized carbons (Fsp3) is 0.200. The number of aromatic nitrogens is 1. The number of nitrogens with zero attached hydrogens (tertiary/aromatic N) is 2. The predicted molar refractivity (Wildman–Crippen MR) is 89.6 cm³/mol. The second-order valence-corrected chi connectivity index (χ2v) is 5.37. The summed E-state index contributed by atoms with van der Waals surface area (Å²) in [6.07, 6.45) is 2.29. The van der Waals surface area contributed by atoms with E-state index in [1.165, 1.54) is 6.20 Å². The molecule has 3 nitrogen and oxygen atoms in total. The number of ether oxygens (including phenoxy) is 1. The Kier molecular flexibility index (Phi) is 5.32. The van der Waals surface area contributed by atoms with Gasteiger partial charge in [-0.1, -0.05) is 30.1 Å². The van der Waals surface area contributed by atoms with Crippen LogP contribution in [0.3, 0.4) is 0 Å². The van der Waals surface area contributed by atoms with Crippen LogP contribution in [0.2, 0.25) is 10.0 Å². The first-order chi connectivity index (χ1) is 10.0. The van der Waals surface area contributed by atoms with Crippen LogP contribution in [-0.4, -0.2) is 10.1 Å². The molecule has 0 aliphatic heterocycles. The quantitative estimate of drug-likeness (QED) is 0.523. The van der Waals surface area contributed by atoms with Gasteiger partial charge < -0.3 is 4.74 Å². The van der Waals surface area contributed by atoms with Gasteiger partial charge in [-0.3, -0.25) is 0 Å². The lowest BCUT2D eigenvalue weighted by Gasteiger charge is -2.11. The summed E-state index contributed by atoms with van der Waals surface area (Å²) in [7, 11) is 0. The molecule has 1 heterocycles. The second kappa shape index (κ2) is 7.01. The Morgan fingerprint density at radius 1 is 1.33 bits per heavy atom. The molecule has 1 aromatic heterocycles. The number of benzene rings is 1. The summed E-state index contributed by atoms with van der Waals surface area (Å²) >= 11 is 16.6. The molecule has 108 valence electrons. The molecule has 0 spiro atoms. The van der Waals surface area contributed by atoms with Crippen LogP contribution in [0, 0.1) is 6.92 Å². The molecule has 0 bridgehead atoms. The van der Waals surface area contributed by atoms with Crippen LogP contribution < -0.4 is 4.74 Å². The molecule has 0 fully saturated rings. The van der Waals surface area contributed by atoms with Gasteiger partial charge in [0.15, 0.2) is 0 Å². The Morgan fingerprint density at radius 3 is 2.71 bits per heavy atom. The zero-order chi connectivity index (χ0) is 15.4. The van der Waals surface area contributed by atoms with Gasteiger partial charge in [-0.2, -0.15) is 4.99 Å². The van der Waals surface area contributed by atoms with Gasteiger partial charge in [-0.05, 0) is 54.9 Å². The van der Waals surface area contributed by atoms with Gasteiger partial charge in [-0.25, -0.2) is 4.98 Å². The molecular weight excluding hydrogens is 327 g/mol. The van der Waals surface area contributed by atoms with Crippen molar-refractivity contribution in [1.82, 2.24) is 4.98 Å². The first-order valence-electron chi connectivity index (χ1n) is 6.25. The topological polar surface area (TPSA) is 34.5 Å². The van der Waals surface area contributed by atoms with Gasteiger partial charge in [0.2, 0.25) is 5.88 Å². The molecular formula is C15H12Cl2N2OS. The van der Waals surface area contributed by atoms with Gasteiger partial charge in [0.1, 0.15) is 10.8 Å². The summed E-state index contributed by atoms with van der Waals surface area (Å²) in [4.78, 5) is 8.18. The lowest BCUT2D eigenvalue weighted by atomic mass is 10.1. The van der Waals surface area contributed by atoms with Crippen molar-refractivity contribution in [3.8, 4) is 11.6 Å². The smallest absolute Gasteiger partial charge is 0.238 e. The molecule has 0 aliphatic rings. The van der Waals surface area contributed by atoms with Crippen molar-refractivity contribution in [2.75, 3.05) is 0 Å². The van der Waals surface area contributed by atoms with E-state index in [2.05, 4.69) is 27.4 Å². The highest BCUT2D eigenvalue weighted by molar-refractivity contribution is 7.78. The number of halogens is 2. The van der Waals surface area contributed by atoms with E-state index < -0.39 is 0 Å². The van der Waals surface area contributed by atoms with E-state index in [9.17, 15) is 0 Å². The second-order valence-electron chi connectivity index (χ2n) is 4.35. The average molecular weight is 339 g/mol. The van der Waals surface area contributed by atoms with Crippen LogP contribution in [0.15, 0.2) is 29.4 Å². The number of aryl methyl sites for hydroxylation is 2. The zero-order valence-corrected chi connectivity index (χ0v) is 13.8. The maximum absolute atomic E-state index is 6.06. The number of rotatable bonds is 4. The van der Waals surface area contributed by atoms with Gasteiger partial charge >= 0.3 is 0 Å². The summed E-state index contributed by atoms with van der Waals surface area (Å²) in [6.45, 7) is 3.98.